The van der Waals surface area contributed by atoms with Gasteiger partial charge in [0, 0.05) is 0 Å². The van der Waals surface area contributed by atoms with E-state index in [1.165, 1.54) is 0 Å². The van der Waals surface area contributed by atoms with Crippen LogP contribution in [0.3, 0.4) is 0 Å². The Morgan fingerprint density at radius 3 is 2.47 bits per heavy atom. The van der Waals surface area contributed by atoms with Crippen LogP contribution in [0.5, 0.6) is 0 Å². The molecule has 1 unspecified atom stereocenters. The van der Waals surface area contributed by atoms with E-state index in [1.54, 1.807) is 37.3 Å². The van der Waals surface area contributed by atoms with Crippen LogP contribution in [-0.4, -0.2) is 17.7 Å². The number of aliphatic hydroxyl groups is 1. The summed E-state index contributed by atoms with van der Waals surface area (Å²) < 4.78 is 4.96. The third-order valence-electron chi connectivity index (χ3n) is 2.61. The second kappa shape index (κ2) is 8.13. The molecule has 1 radical (unpaired) electrons. The second-order valence-electron chi connectivity index (χ2n) is 4.20. The Morgan fingerprint density at radius 2 is 2.00 bits per heavy atom. The maximum atomic E-state index is 12.0. The van der Waals surface area contributed by atoms with Crippen LogP contribution >= 0.6 is 0 Å². The van der Waals surface area contributed by atoms with Crippen molar-refractivity contribution in [2.45, 2.75) is 25.9 Å². The van der Waals surface area contributed by atoms with Crippen molar-refractivity contribution >= 4 is 5.97 Å². The molecular formula is C15H19O3Ru. The molecule has 0 aliphatic heterocycles. The number of allylic oxidation sites excluding steroid dienone is 1. The van der Waals surface area contributed by atoms with Crippen LogP contribution < -0.4 is 0 Å². The van der Waals surface area contributed by atoms with Gasteiger partial charge in [0.2, 0.25) is 0 Å². The molecule has 1 aromatic carbocycles. The van der Waals surface area contributed by atoms with Gasteiger partial charge in [0.15, 0.2) is 5.60 Å². The average molecular weight is 348 g/mol. The van der Waals surface area contributed by atoms with Crippen LogP contribution in [0.2, 0.25) is 0 Å². The van der Waals surface area contributed by atoms with E-state index >= 15 is 0 Å². The summed E-state index contributed by atoms with van der Waals surface area (Å²) in [5.74, 6) is -0.631. The average Bonchev–Trinajstić information content (AvgIpc) is 2.37. The van der Waals surface area contributed by atoms with E-state index in [0.29, 0.717) is 5.56 Å². The Kier molecular flexibility index (Phi) is 7.66. The van der Waals surface area contributed by atoms with Crippen molar-refractivity contribution in [1.29, 1.82) is 0 Å². The maximum absolute atomic E-state index is 12.0. The maximum Gasteiger partial charge on any atom is 1.00 e. The summed E-state index contributed by atoms with van der Waals surface area (Å²) in [7, 11) is 0. The van der Waals surface area contributed by atoms with Gasteiger partial charge in [-0.3, -0.25) is 0 Å². The van der Waals surface area contributed by atoms with E-state index in [0.717, 1.165) is 5.57 Å². The molecule has 1 N–H and O–H groups in total. The first-order chi connectivity index (χ1) is 8.50. The molecule has 0 spiro atoms. The van der Waals surface area contributed by atoms with E-state index in [4.69, 9.17) is 4.74 Å². The monoisotopic (exact) mass is 349 g/mol. The number of hydrogen-bond acceptors (Lipinski definition) is 3. The zero-order valence-electron chi connectivity index (χ0n) is 11.2. The molecular weight excluding hydrogens is 329 g/mol. The van der Waals surface area contributed by atoms with Crippen LogP contribution in [0.1, 0.15) is 25.8 Å². The molecule has 19 heavy (non-hydrogen) atoms. The Bertz CT molecular complexity index is 424. The van der Waals surface area contributed by atoms with Gasteiger partial charge >= 0.3 is 25.4 Å². The summed E-state index contributed by atoms with van der Waals surface area (Å²) in [6, 6.07) is 8.81. The Labute approximate surface area is 127 Å². The number of ether oxygens (including phenoxy) is 1. The van der Waals surface area contributed by atoms with Gasteiger partial charge in [0.1, 0.15) is 0 Å². The van der Waals surface area contributed by atoms with Crippen molar-refractivity contribution in [3.63, 3.8) is 0 Å². The van der Waals surface area contributed by atoms with Crippen molar-refractivity contribution in [1.82, 2.24) is 0 Å². The van der Waals surface area contributed by atoms with Crippen molar-refractivity contribution < 1.29 is 34.1 Å². The molecule has 105 valence electrons. The molecule has 1 aromatic rings. The van der Waals surface area contributed by atoms with Gasteiger partial charge in [0.25, 0.3) is 0 Å². The minimum Gasteiger partial charge on any atom is -0.464 e. The molecule has 0 fully saturated rings. The Balaban J connectivity index is 0.00000324. The van der Waals surface area contributed by atoms with E-state index < -0.39 is 11.6 Å². The Hall–Kier alpha value is -1.12. The third kappa shape index (κ3) is 4.81. The van der Waals surface area contributed by atoms with E-state index in [9.17, 15) is 9.90 Å². The van der Waals surface area contributed by atoms with Gasteiger partial charge in [-0.05, 0) is 12.5 Å². The zero-order valence-corrected chi connectivity index (χ0v) is 12.9. The van der Waals surface area contributed by atoms with Gasteiger partial charge in [-0.25, -0.2) is 23.4 Å². The van der Waals surface area contributed by atoms with Gasteiger partial charge in [-0.1, -0.05) is 43.7 Å². The first-order valence-corrected chi connectivity index (χ1v) is 5.94. The SMILES string of the molecule is [CH2-]/C(C)=C\CC(O)(C(=O)OCC)c1ccccc1.[Ru+]. The summed E-state index contributed by atoms with van der Waals surface area (Å²) in [5, 5.41) is 10.6. The van der Waals surface area contributed by atoms with Crippen LogP contribution in [0.4, 0.5) is 0 Å². The van der Waals surface area contributed by atoms with Gasteiger partial charge in [-0.2, -0.15) is 0 Å². The molecule has 1 rings (SSSR count). The summed E-state index contributed by atoms with van der Waals surface area (Å²) in [6.45, 7) is 7.51. The van der Waals surface area contributed by atoms with Crippen LogP contribution in [-0.2, 0) is 34.6 Å². The molecule has 0 aromatic heterocycles. The number of benzene rings is 1. The second-order valence-corrected chi connectivity index (χ2v) is 4.20. The first-order valence-electron chi connectivity index (χ1n) is 5.94. The molecule has 0 aliphatic rings. The molecule has 0 bridgehead atoms. The van der Waals surface area contributed by atoms with E-state index in [1.807, 2.05) is 13.0 Å². The fraction of sp³-hybridized carbons (Fsp3) is 0.333. The fourth-order valence-corrected chi connectivity index (χ4v) is 1.61. The van der Waals surface area contributed by atoms with E-state index in [-0.39, 0.29) is 32.5 Å². The minimum absolute atomic E-state index is 0. The standard InChI is InChI=1S/C15H19O3.Ru/c1-4-18-14(16)15(17,11-10-12(2)3)13-8-6-5-7-9-13;/h5-10,17H,2,4,11H2,1,3H3;/q-1;+1/b12-10+;. The van der Waals surface area contributed by atoms with Crippen LogP contribution in [0.25, 0.3) is 0 Å². The summed E-state index contributed by atoms with van der Waals surface area (Å²) in [4.78, 5) is 12.0. The smallest absolute Gasteiger partial charge is 0.464 e. The summed E-state index contributed by atoms with van der Waals surface area (Å²) >= 11 is 0. The van der Waals surface area contributed by atoms with Crippen LogP contribution in [0, 0.1) is 6.92 Å². The van der Waals surface area contributed by atoms with Crippen molar-refractivity contribution in [3.05, 3.63) is 54.5 Å². The molecule has 0 saturated carbocycles. The quantitative estimate of drug-likeness (QED) is 0.505. The molecule has 4 heteroatoms. The normalized spacial score (nSPS) is 14.2. The topological polar surface area (TPSA) is 46.5 Å². The molecule has 0 heterocycles. The van der Waals surface area contributed by atoms with Gasteiger partial charge in [0.05, 0.1) is 6.61 Å². The van der Waals surface area contributed by atoms with Gasteiger partial charge in [-0.15, -0.1) is 0 Å². The molecule has 0 aliphatic carbocycles. The summed E-state index contributed by atoms with van der Waals surface area (Å²) in [6.07, 6.45) is 1.88. The molecule has 0 amide bonds. The Morgan fingerprint density at radius 1 is 1.42 bits per heavy atom. The van der Waals surface area contributed by atoms with Crippen LogP contribution in [0.15, 0.2) is 42.0 Å². The first kappa shape index (κ1) is 17.9. The molecule has 0 saturated heterocycles. The zero-order chi connectivity index (χ0) is 13.6. The number of carbonyl (C=O) groups excluding carboxylic acids is 1. The largest absolute Gasteiger partial charge is 1.00 e. The number of hydrogen-bond donors (Lipinski definition) is 1. The summed E-state index contributed by atoms with van der Waals surface area (Å²) in [5.41, 5.74) is -0.314. The predicted octanol–water partition coefficient (Wildman–Crippen LogP) is 2.61. The van der Waals surface area contributed by atoms with E-state index in [2.05, 4.69) is 6.92 Å². The van der Waals surface area contributed by atoms with Crippen molar-refractivity contribution in [3.8, 4) is 0 Å². The fourth-order valence-electron chi connectivity index (χ4n) is 1.61. The molecule has 3 nitrogen and oxygen atoms in total. The third-order valence-corrected chi connectivity index (χ3v) is 2.61. The molecule has 1 atom stereocenters. The van der Waals surface area contributed by atoms with Gasteiger partial charge < -0.3 is 9.84 Å². The van der Waals surface area contributed by atoms with Crippen molar-refractivity contribution in [2.75, 3.05) is 6.61 Å². The minimum atomic E-state index is -1.64. The number of esters is 1. The number of rotatable bonds is 5. The predicted molar refractivity (Wildman–Crippen MR) is 70.7 cm³/mol. The van der Waals surface area contributed by atoms with Crippen molar-refractivity contribution in [2.24, 2.45) is 0 Å². The number of carbonyl (C=O) groups is 1.